The quantitative estimate of drug-likeness (QED) is 0.763. The van der Waals surface area contributed by atoms with Gasteiger partial charge in [0.1, 0.15) is 0 Å². The fourth-order valence-corrected chi connectivity index (χ4v) is 2.32. The van der Waals surface area contributed by atoms with Crippen LogP contribution in [0.5, 0.6) is 0 Å². The Balaban J connectivity index is 1.63. The van der Waals surface area contributed by atoms with Crippen LogP contribution in [0, 0.1) is 17.2 Å². The molecule has 1 heterocycles. The summed E-state index contributed by atoms with van der Waals surface area (Å²) in [5.41, 5.74) is 0. The van der Waals surface area contributed by atoms with Crippen molar-refractivity contribution in [1.82, 2.24) is 15.1 Å². The highest BCUT2D eigenvalue weighted by molar-refractivity contribution is 4.96. The number of rotatable bonds is 5. The smallest absolute Gasteiger partial charge is 0.0672 e. The number of aromatic nitrogens is 2. The normalized spacial score (nSPS) is 24.4. The lowest BCUT2D eigenvalue weighted by atomic mass is 10.1. The highest BCUT2D eigenvalue weighted by Gasteiger charge is 2.25. The van der Waals surface area contributed by atoms with Gasteiger partial charge in [-0.3, -0.25) is 4.68 Å². The van der Waals surface area contributed by atoms with Gasteiger partial charge >= 0.3 is 0 Å². The Labute approximate surface area is 96.3 Å². The molecule has 2 rings (SSSR count). The van der Waals surface area contributed by atoms with Gasteiger partial charge in [0.25, 0.3) is 0 Å². The van der Waals surface area contributed by atoms with Crippen molar-refractivity contribution >= 4 is 0 Å². The zero-order chi connectivity index (χ0) is 11.2. The SMILES string of the molecule is N#CC1CCCC1NCCCn1cccn1. The molecule has 1 aliphatic rings. The summed E-state index contributed by atoms with van der Waals surface area (Å²) in [4.78, 5) is 0. The predicted octanol–water partition coefficient (Wildman–Crippen LogP) is 1.56. The maximum Gasteiger partial charge on any atom is 0.0672 e. The molecule has 0 saturated heterocycles. The van der Waals surface area contributed by atoms with Crippen molar-refractivity contribution in [2.45, 2.75) is 38.3 Å². The van der Waals surface area contributed by atoms with E-state index in [1.165, 1.54) is 6.42 Å². The molecule has 1 aromatic heterocycles. The predicted molar refractivity (Wildman–Crippen MR) is 61.6 cm³/mol. The number of nitrogens with zero attached hydrogens (tertiary/aromatic N) is 3. The van der Waals surface area contributed by atoms with Crippen molar-refractivity contribution in [3.8, 4) is 6.07 Å². The van der Waals surface area contributed by atoms with Gasteiger partial charge in [0, 0.05) is 25.0 Å². The standard InChI is InChI=1S/C12H18N4/c13-10-11-4-1-5-12(11)14-6-2-8-16-9-3-7-15-16/h3,7,9,11-12,14H,1-2,4-6,8H2. The molecular formula is C12H18N4. The second kappa shape index (κ2) is 5.66. The lowest BCUT2D eigenvalue weighted by Gasteiger charge is -2.15. The van der Waals surface area contributed by atoms with Crippen LogP contribution < -0.4 is 5.32 Å². The molecule has 0 spiro atoms. The first-order chi connectivity index (χ1) is 7.90. The lowest BCUT2D eigenvalue weighted by molar-refractivity contribution is 0.444. The van der Waals surface area contributed by atoms with E-state index in [9.17, 15) is 0 Å². The lowest BCUT2D eigenvalue weighted by Crippen LogP contribution is -2.32. The molecule has 0 radical (unpaired) electrons. The van der Waals surface area contributed by atoms with Gasteiger partial charge in [0.15, 0.2) is 0 Å². The van der Waals surface area contributed by atoms with E-state index < -0.39 is 0 Å². The summed E-state index contributed by atoms with van der Waals surface area (Å²) in [6.07, 6.45) is 8.25. The Morgan fingerprint density at radius 3 is 3.19 bits per heavy atom. The highest BCUT2D eigenvalue weighted by Crippen LogP contribution is 2.24. The van der Waals surface area contributed by atoms with Crippen molar-refractivity contribution in [3.05, 3.63) is 18.5 Å². The zero-order valence-corrected chi connectivity index (χ0v) is 9.47. The number of hydrogen-bond acceptors (Lipinski definition) is 3. The molecular weight excluding hydrogens is 200 g/mol. The molecule has 1 aromatic rings. The average Bonchev–Trinajstić information content (AvgIpc) is 2.95. The maximum atomic E-state index is 8.94. The Morgan fingerprint density at radius 2 is 2.44 bits per heavy atom. The van der Waals surface area contributed by atoms with Crippen LogP contribution in [-0.2, 0) is 6.54 Å². The zero-order valence-electron chi connectivity index (χ0n) is 9.47. The van der Waals surface area contributed by atoms with Gasteiger partial charge in [-0.2, -0.15) is 10.4 Å². The number of nitriles is 1. The molecule has 1 aliphatic carbocycles. The molecule has 0 aliphatic heterocycles. The third-order valence-corrected chi connectivity index (χ3v) is 3.21. The summed E-state index contributed by atoms with van der Waals surface area (Å²) in [5, 5.41) is 16.6. The van der Waals surface area contributed by atoms with Crippen LogP contribution in [0.15, 0.2) is 18.5 Å². The van der Waals surface area contributed by atoms with Gasteiger partial charge in [-0.1, -0.05) is 6.42 Å². The average molecular weight is 218 g/mol. The van der Waals surface area contributed by atoms with E-state index >= 15 is 0 Å². The van der Waals surface area contributed by atoms with E-state index in [0.717, 1.165) is 32.4 Å². The second-order valence-corrected chi connectivity index (χ2v) is 4.35. The third kappa shape index (κ3) is 2.83. The maximum absolute atomic E-state index is 8.94. The van der Waals surface area contributed by atoms with Gasteiger partial charge in [0.2, 0.25) is 0 Å². The van der Waals surface area contributed by atoms with Crippen molar-refractivity contribution in [2.24, 2.45) is 5.92 Å². The summed E-state index contributed by atoms with van der Waals surface area (Å²) in [6.45, 7) is 1.92. The first-order valence-electron chi connectivity index (χ1n) is 6.00. The Bertz CT molecular complexity index is 338. The summed E-state index contributed by atoms with van der Waals surface area (Å²) in [6, 6.07) is 4.75. The number of aryl methyl sites for hydroxylation is 1. The highest BCUT2D eigenvalue weighted by atomic mass is 15.3. The Hall–Kier alpha value is -1.34. The van der Waals surface area contributed by atoms with E-state index in [2.05, 4.69) is 16.5 Å². The molecule has 16 heavy (non-hydrogen) atoms. The molecule has 4 heteroatoms. The molecule has 2 unspecified atom stereocenters. The van der Waals surface area contributed by atoms with E-state index in [1.807, 2.05) is 16.9 Å². The van der Waals surface area contributed by atoms with E-state index in [0.29, 0.717) is 6.04 Å². The second-order valence-electron chi connectivity index (χ2n) is 4.35. The van der Waals surface area contributed by atoms with Crippen molar-refractivity contribution < 1.29 is 0 Å². The minimum atomic E-state index is 0.227. The molecule has 0 bridgehead atoms. The molecule has 0 amide bonds. The van der Waals surface area contributed by atoms with Crippen molar-refractivity contribution in [1.29, 1.82) is 5.26 Å². The van der Waals surface area contributed by atoms with Crippen molar-refractivity contribution in [3.63, 3.8) is 0 Å². The first-order valence-corrected chi connectivity index (χ1v) is 6.00. The largest absolute Gasteiger partial charge is 0.313 e. The minimum absolute atomic E-state index is 0.227. The minimum Gasteiger partial charge on any atom is -0.313 e. The van der Waals surface area contributed by atoms with E-state index in [4.69, 9.17) is 5.26 Å². The van der Waals surface area contributed by atoms with Crippen LogP contribution >= 0.6 is 0 Å². The van der Waals surface area contributed by atoms with E-state index in [1.54, 1.807) is 6.20 Å². The van der Waals surface area contributed by atoms with Gasteiger partial charge in [-0.15, -0.1) is 0 Å². The Morgan fingerprint density at radius 1 is 1.50 bits per heavy atom. The van der Waals surface area contributed by atoms with Crippen LogP contribution in [-0.4, -0.2) is 22.4 Å². The molecule has 1 fully saturated rings. The number of nitrogens with one attached hydrogen (secondary N) is 1. The van der Waals surface area contributed by atoms with Crippen LogP contribution in [0.2, 0.25) is 0 Å². The first kappa shape index (κ1) is 11.2. The fourth-order valence-electron chi connectivity index (χ4n) is 2.32. The van der Waals surface area contributed by atoms with Gasteiger partial charge in [-0.05, 0) is 31.9 Å². The van der Waals surface area contributed by atoms with Crippen molar-refractivity contribution in [2.75, 3.05) is 6.54 Å². The molecule has 2 atom stereocenters. The van der Waals surface area contributed by atoms with Gasteiger partial charge in [-0.25, -0.2) is 0 Å². The summed E-state index contributed by atoms with van der Waals surface area (Å²) < 4.78 is 1.94. The molecule has 86 valence electrons. The third-order valence-electron chi connectivity index (χ3n) is 3.21. The summed E-state index contributed by atoms with van der Waals surface area (Å²) in [5.74, 6) is 0.227. The van der Waals surface area contributed by atoms with Gasteiger partial charge < -0.3 is 5.32 Å². The van der Waals surface area contributed by atoms with Gasteiger partial charge in [0.05, 0.1) is 12.0 Å². The molecule has 4 nitrogen and oxygen atoms in total. The molecule has 1 N–H and O–H groups in total. The van der Waals surface area contributed by atoms with Crippen LogP contribution in [0.3, 0.4) is 0 Å². The summed E-state index contributed by atoms with van der Waals surface area (Å²) in [7, 11) is 0. The fraction of sp³-hybridized carbons (Fsp3) is 0.667. The number of hydrogen-bond donors (Lipinski definition) is 1. The Kier molecular flexibility index (Phi) is 3.95. The van der Waals surface area contributed by atoms with Crippen LogP contribution in [0.1, 0.15) is 25.7 Å². The van der Waals surface area contributed by atoms with E-state index in [-0.39, 0.29) is 5.92 Å². The monoisotopic (exact) mass is 218 g/mol. The summed E-state index contributed by atoms with van der Waals surface area (Å²) >= 11 is 0. The van der Waals surface area contributed by atoms with Crippen LogP contribution in [0.25, 0.3) is 0 Å². The van der Waals surface area contributed by atoms with Crippen LogP contribution in [0.4, 0.5) is 0 Å². The molecule has 1 saturated carbocycles. The molecule has 0 aromatic carbocycles. The topological polar surface area (TPSA) is 53.6 Å².